The Morgan fingerprint density at radius 1 is 1.30 bits per heavy atom. The van der Waals surface area contributed by atoms with Crippen molar-refractivity contribution in [2.75, 3.05) is 19.3 Å². The number of rotatable bonds is 3. The Hall–Kier alpha value is -0.870. The van der Waals surface area contributed by atoms with E-state index in [1.165, 1.54) is 17.4 Å². The molecule has 1 heterocycles. The summed E-state index contributed by atoms with van der Waals surface area (Å²) >= 11 is 0. The molecule has 1 aromatic carbocycles. The van der Waals surface area contributed by atoms with Gasteiger partial charge in [-0.15, -0.1) is 0 Å². The number of nitrogens with zero attached hydrogens (tertiary/aromatic N) is 1. The van der Waals surface area contributed by atoms with Crippen molar-refractivity contribution >= 4 is 10.0 Å². The molecular weight excluding hydrogens is 270 g/mol. The summed E-state index contributed by atoms with van der Waals surface area (Å²) in [5.74, 6) is 0.444. The van der Waals surface area contributed by atoms with Gasteiger partial charge in [-0.3, -0.25) is 0 Å². The third kappa shape index (κ3) is 3.83. The Morgan fingerprint density at radius 2 is 2.00 bits per heavy atom. The molecular formula is C16H25NO2S. The molecule has 0 N–H and O–H groups in total. The third-order valence-corrected chi connectivity index (χ3v) is 5.30. The predicted molar refractivity (Wildman–Crippen MR) is 83.4 cm³/mol. The number of hydrogen-bond donors (Lipinski definition) is 0. The highest BCUT2D eigenvalue weighted by atomic mass is 32.2. The van der Waals surface area contributed by atoms with Crippen LogP contribution in [0.1, 0.15) is 38.3 Å². The van der Waals surface area contributed by atoms with Crippen molar-refractivity contribution < 1.29 is 8.42 Å². The van der Waals surface area contributed by atoms with E-state index in [0.717, 1.165) is 12.8 Å². The lowest BCUT2D eigenvalue weighted by molar-refractivity contribution is 0.460. The van der Waals surface area contributed by atoms with Gasteiger partial charge < -0.3 is 0 Å². The average Bonchev–Trinajstić information content (AvgIpc) is 2.76. The lowest BCUT2D eigenvalue weighted by atomic mass is 9.85. The van der Waals surface area contributed by atoms with Crippen LogP contribution in [0.15, 0.2) is 24.3 Å². The third-order valence-electron chi connectivity index (χ3n) is 4.03. The molecule has 0 radical (unpaired) electrons. The minimum Gasteiger partial charge on any atom is -0.213 e. The van der Waals surface area contributed by atoms with Crippen LogP contribution in [0.4, 0.5) is 0 Å². The fraction of sp³-hybridized carbons (Fsp3) is 0.625. The molecule has 20 heavy (non-hydrogen) atoms. The van der Waals surface area contributed by atoms with Gasteiger partial charge in [0.1, 0.15) is 0 Å². The van der Waals surface area contributed by atoms with Crippen LogP contribution in [0.5, 0.6) is 0 Å². The van der Waals surface area contributed by atoms with E-state index >= 15 is 0 Å². The molecule has 0 amide bonds. The quantitative estimate of drug-likeness (QED) is 0.860. The van der Waals surface area contributed by atoms with Gasteiger partial charge in [0.05, 0.1) is 6.26 Å². The van der Waals surface area contributed by atoms with E-state index in [4.69, 9.17) is 0 Å². The Kier molecular flexibility index (Phi) is 4.26. The van der Waals surface area contributed by atoms with Crippen LogP contribution in [0.2, 0.25) is 0 Å². The summed E-state index contributed by atoms with van der Waals surface area (Å²) < 4.78 is 24.7. The van der Waals surface area contributed by atoms with E-state index < -0.39 is 10.0 Å². The van der Waals surface area contributed by atoms with Crippen LogP contribution in [0.3, 0.4) is 0 Å². The van der Waals surface area contributed by atoms with Crippen LogP contribution in [0, 0.1) is 5.92 Å². The van der Waals surface area contributed by atoms with E-state index in [-0.39, 0.29) is 5.41 Å². The highest BCUT2D eigenvalue weighted by Gasteiger charge is 2.28. The maximum Gasteiger partial charge on any atom is 0.211 e. The molecule has 0 aliphatic carbocycles. The van der Waals surface area contributed by atoms with Gasteiger partial charge in [0.15, 0.2) is 0 Å². The molecule has 0 saturated carbocycles. The van der Waals surface area contributed by atoms with Crippen LogP contribution in [0.25, 0.3) is 0 Å². The lowest BCUT2D eigenvalue weighted by Crippen LogP contribution is -2.27. The van der Waals surface area contributed by atoms with Gasteiger partial charge in [-0.1, -0.05) is 45.0 Å². The van der Waals surface area contributed by atoms with Crippen molar-refractivity contribution in [1.82, 2.24) is 4.31 Å². The first kappa shape index (κ1) is 15.5. The molecule has 0 spiro atoms. The predicted octanol–water partition coefficient (Wildman–Crippen LogP) is 2.81. The summed E-state index contributed by atoms with van der Waals surface area (Å²) in [6.07, 6.45) is 3.23. The largest absolute Gasteiger partial charge is 0.213 e. The molecule has 0 bridgehead atoms. The van der Waals surface area contributed by atoms with Crippen molar-refractivity contribution in [1.29, 1.82) is 0 Å². The molecule has 1 atom stereocenters. The summed E-state index contributed by atoms with van der Waals surface area (Å²) in [7, 11) is -3.03. The lowest BCUT2D eigenvalue weighted by Gasteiger charge is -2.20. The Morgan fingerprint density at radius 3 is 2.55 bits per heavy atom. The fourth-order valence-electron chi connectivity index (χ4n) is 2.76. The standard InChI is InChI=1S/C16H25NO2S/c1-16(2,3)15-7-5-6-13(11-15)10-14-8-9-17(12-14)20(4,18)19/h5-7,11,14H,8-10,12H2,1-4H3/t14-/m1/s1. The second kappa shape index (κ2) is 5.49. The molecule has 3 nitrogen and oxygen atoms in total. The van der Waals surface area contributed by atoms with E-state index in [9.17, 15) is 8.42 Å². The number of hydrogen-bond acceptors (Lipinski definition) is 2. The number of sulfonamides is 1. The van der Waals surface area contributed by atoms with E-state index in [1.54, 1.807) is 4.31 Å². The minimum absolute atomic E-state index is 0.157. The molecule has 1 aromatic rings. The smallest absolute Gasteiger partial charge is 0.211 e. The van der Waals surface area contributed by atoms with Crippen LogP contribution in [-0.2, 0) is 21.9 Å². The minimum atomic E-state index is -3.03. The molecule has 1 fully saturated rings. The second-order valence-electron chi connectivity index (χ2n) is 6.93. The van der Waals surface area contributed by atoms with Gasteiger partial charge in [0, 0.05) is 13.1 Å². The van der Waals surface area contributed by atoms with Crippen molar-refractivity contribution in [2.45, 2.75) is 39.0 Å². The first-order chi connectivity index (χ1) is 9.16. The molecule has 2 rings (SSSR count). The van der Waals surface area contributed by atoms with E-state index in [2.05, 4.69) is 45.0 Å². The molecule has 0 aromatic heterocycles. The first-order valence-electron chi connectivity index (χ1n) is 7.21. The normalized spacial score (nSPS) is 21.3. The molecule has 1 aliphatic heterocycles. The van der Waals surface area contributed by atoms with Gasteiger partial charge in [-0.05, 0) is 35.3 Å². The molecule has 112 valence electrons. The van der Waals surface area contributed by atoms with Crippen LogP contribution < -0.4 is 0 Å². The van der Waals surface area contributed by atoms with Crippen molar-refractivity contribution in [3.63, 3.8) is 0 Å². The Labute approximate surface area is 123 Å². The molecule has 4 heteroatoms. The van der Waals surface area contributed by atoms with Gasteiger partial charge >= 0.3 is 0 Å². The van der Waals surface area contributed by atoms with Crippen molar-refractivity contribution in [3.8, 4) is 0 Å². The average molecular weight is 295 g/mol. The van der Waals surface area contributed by atoms with Gasteiger partial charge in [0.25, 0.3) is 0 Å². The zero-order valence-corrected chi connectivity index (χ0v) is 13.7. The zero-order chi connectivity index (χ0) is 15.0. The van der Waals surface area contributed by atoms with Crippen molar-refractivity contribution in [2.24, 2.45) is 5.92 Å². The monoisotopic (exact) mass is 295 g/mol. The summed E-state index contributed by atoms with van der Waals surface area (Å²) in [4.78, 5) is 0. The highest BCUT2D eigenvalue weighted by Crippen LogP contribution is 2.26. The maximum absolute atomic E-state index is 11.5. The van der Waals surface area contributed by atoms with Gasteiger partial charge in [-0.2, -0.15) is 0 Å². The first-order valence-corrected chi connectivity index (χ1v) is 9.05. The topological polar surface area (TPSA) is 37.4 Å². The molecule has 1 saturated heterocycles. The van der Waals surface area contributed by atoms with E-state index in [0.29, 0.717) is 19.0 Å². The Bertz CT molecular complexity index is 572. The molecule has 0 unspecified atom stereocenters. The van der Waals surface area contributed by atoms with Gasteiger partial charge in [0.2, 0.25) is 10.0 Å². The number of benzene rings is 1. The summed E-state index contributed by atoms with van der Waals surface area (Å²) in [5, 5.41) is 0. The van der Waals surface area contributed by atoms with Crippen molar-refractivity contribution in [3.05, 3.63) is 35.4 Å². The summed E-state index contributed by atoms with van der Waals surface area (Å²) in [6, 6.07) is 8.70. The zero-order valence-electron chi connectivity index (χ0n) is 12.9. The maximum atomic E-state index is 11.5. The summed E-state index contributed by atoms with van der Waals surface area (Å²) in [5.41, 5.74) is 2.82. The fourth-order valence-corrected chi connectivity index (χ4v) is 3.68. The Balaban J connectivity index is 2.05. The van der Waals surface area contributed by atoms with Crippen LogP contribution >= 0.6 is 0 Å². The second-order valence-corrected chi connectivity index (χ2v) is 8.91. The van der Waals surface area contributed by atoms with Crippen LogP contribution in [-0.4, -0.2) is 32.1 Å². The van der Waals surface area contributed by atoms with Gasteiger partial charge in [-0.25, -0.2) is 12.7 Å². The van der Waals surface area contributed by atoms with E-state index in [1.807, 2.05) is 0 Å². The highest BCUT2D eigenvalue weighted by molar-refractivity contribution is 7.88. The molecule has 1 aliphatic rings. The summed E-state index contributed by atoms with van der Waals surface area (Å²) in [6.45, 7) is 7.98. The SMILES string of the molecule is CC(C)(C)c1cccc(C[C@H]2CCN(S(C)(=O)=O)C2)c1.